The fraction of sp³-hybridized carbons (Fsp3) is 0.571. The normalized spacial score (nSPS) is 19.8. The molecule has 4 nitrogen and oxygen atoms in total. The first-order valence-corrected chi connectivity index (χ1v) is 3.49. The van der Waals surface area contributed by atoms with Crippen LogP contribution in [-0.2, 0) is 4.79 Å². The van der Waals surface area contributed by atoms with Crippen LogP contribution in [0.1, 0.15) is 0 Å². The molecule has 0 spiro atoms. The highest BCUT2D eigenvalue weighted by molar-refractivity contribution is 5.92. The van der Waals surface area contributed by atoms with Crippen molar-refractivity contribution in [1.29, 1.82) is 0 Å². The fourth-order valence-corrected chi connectivity index (χ4v) is 1.21. The molecule has 1 rings (SSSR count). The van der Waals surface area contributed by atoms with Crippen molar-refractivity contribution in [3.8, 4) is 0 Å². The summed E-state index contributed by atoms with van der Waals surface area (Å²) >= 11 is 0. The lowest BCUT2D eigenvalue weighted by atomic mass is 10.2. The highest BCUT2D eigenvalue weighted by Gasteiger charge is 2.14. The topological polar surface area (TPSA) is 49.6 Å². The van der Waals surface area contributed by atoms with E-state index in [0.29, 0.717) is 12.1 Å². The Morgan fingerprint density at radius 2 is 2.27 bits per heavy atom. The summed E-state index contributed by atoms with van der Waals surface area (Å²) in [5, 5.41) is 0. The van der Waals surface area contributed by atoms with E-state index < -0.39 is 0 Å². The number of carbonyl (C=O) groups excluding carboxylic acids is 1. The summed E-state index contributed by atoms with van der Waals surface area (Å²) in [7, 11) is 3.87. The number of carbonyl (C=O) groups is 1. The average Bonchev–Trinajstić information content (AvgIpc) is 1.85. The molecule has 0 unspecified atom stereocenters. The molecule has 62 valence electrons. The Balaban J connectivity index is 2.72. The van der Waals surface area contributed by atoms with E-state index in [1.807, 2.05) is 23.9 Å². The zero-order valence-corrected chi connectivity index (χ0v) is 6.87. The second-order valence-corrected chi connectivity index (χ2v) is 2.93. The van der Waals surface area contributed by atoms with E-state index in [2.05, 4.69) is 0 Å². The predicted octanol–water partition coefficient (Wildman–Crippen LogP) is -0.810. The predicted molar refractivity (Wildman–Crippen MR) is 42.5 cm³/mol. The number of rotatable bonds is 1. The number of hydrogen-bond donors (Lipinski definition) is 1. The van der Waals surface area contributed by atoms with Gasteiger partial charge in [0.2, 0.25) is 5.91 Å². The molecule has 1 amide bonds. The number of nitrogens with two attached hydrogens (primary N) is 1. The van der Waals surface area contributed by atoms with Crippen molar-refractivity contribution in [2.45, 2.75) is 0 Å². The largest absolute Gasteiger partial charge is 0.367 e. The molecule has 0 aromatic rings. The van der Waals surface area contributed by atoms with Gasteiger partial charge in [0.25, 0.3) is 0 Å². The van der Waals surface area contributed by atoms with E-state index >= 15 is 0 Å². The summed E-state index contributed by atoms with van der Waals surface area (Å²) in [5.41, 5.74) is 5.80. The van der Waals surface area contributed by atoms with Crippen LogP contribution in [-0.4, -0.2) is 43.0 Å². The van der Waals surface area contributed by atoms with E-state index in [0.717, 1.165) is 6.67 Å². The first kappa shape index (κ1) is 8.07. The van der Waals surface area contributed by atoms with Gasteiger partial charge in [0.15, 0.2) is 0 Å². The van der Waals surface area contributed by atoms with Gasteiger partial charge in [-0.15, -0.1) is 0 Å². The van der Waals surface area contributed by atoms with Crippen LogP contribution in [0, 0.1) is 0 Å². The van der Waals surface area contributed by atoms with Crippen LogP contribution in [0.3, 0.4) is 0 Å². The molecule has 1 aliphatic rings. The van der Waals surface area contributed by atoms with E-state index in [-0.39, 0.29) is 5.91 Å². The Morgan fingerprint density at radius 1 is 1.64 bits per heavy atom. The minimum atomic E-state index is -0.330. The van der Waals surface area contributed by atoms with Gasteiger partial charge in [0.05, 0.1) is 6.67 Å². The molecule has 2 N–H and O–H groups in total. The van der Waals surface area contributed by atoms with Crippen molar-refractivity contribution in [2.24, 2.45) is 5.73 Å². The van der Waals surface area contributed by atoms with Crippen molar-refractivity contribution < 1.29 is 4.79 Å². The average molecular weight is 155 g/mol. The van der Waals surface area contributed by atoms with E-state index in [1.165, 1.54) is 0 Å². The maximum Gasteiger partial charge on any atom is 0.247 e. The smallest absolute Gasteiger partial charge is 0.247 e. The second kappa shape index (κ2) is 2.92. The summed E-state index contributed by atoms with van der Waals surface area (Å²) in [5.74, 6) is -0.330. The summed E-state index contributed by atoms with van der Waals surface area (Å²) in [6.07, 6.45) is 1.79. The zero-order chi connectivity index (χ0) is 8.43. The number of primary amides is 1. The van der Waals surface area contributed by atoms with Crippen LogP contribution in [0.15, 0.2) is 11.8 Å². The van der Waals surface area contributed by atoms with Crippen molar-refractivity contribution in [1.82, 2.24) is 9.80 Å². The first-order valence-electron chi connectivity index (χ1n) is 3.49. The zero-order valence-electron chi connectivity index (χ0n) is 6.87. The Bertz CT molecular complexity index is 200. The van der Waals surface area contributed by atoms with E-state index in [4.69, 9.17) is 5.73 Å². The highest BCUT2D eigenvalue weighted by atomic mass is 16.1. The monoisotopic (exact) mass is 155 g/mol. The minimum Gasteiger partial charge on any atom is -0.367 e. The molecule has 1 aliphatic heterocycles. The SMILES string of the molecule is CN1C=C(C(N)=O)CN(C)C1. The van der Waals surface area contributed by atoms with Crippen LogP contribution in [0.2, 0.25) is 0 Å². The van der Waals surface area contributed by atoms with E-state index in [1.54, 1.807) is 6.20 Å². The second-order valence-electron chi connectivity index (χ2n) is 2.93. The molecular formula is C7H13N3O. The van der Waals surface area contributed by atoms with Gasteiger partial charge in [-0.25, -0.2) is 0 Å². The molecule has 0 aromatic carbocycles. The van der Waals surface area contributed by atoms with Gasteiger partial charge >= 0.3 is 0 Å². The third-order valence-corrected chi connectivity index (χ3v) is 1.60. The maximum atomic E-state index is 10.7. The van der Waals surface area contributed by atoms with Crippen LogP contribution in [0.5, 0.6) is 0 Å². The highest BCUT2D eigenvalue weighted by Crippen LogP contribution is 2.05. The molecule has 11 heavy (non-hydrogen) atoms. The Hall–Kier alpha value is -1.03. The van der Waals surface area contributed by atoms with Gasteiger partial charge in [-0.05, 0) is 7.05 Å². The molecule has 1 heterocycles. The molecule has 0 bridgehead atoms. The summed E-state index contributed by atoms with van der Waals surface area (Å²) in [4.78, 5) is 14.7. The van der Waals surface area contributed by atoms with Crippen LogP contribution in [0.4, 0.5) is 0 Å². The quantitative estimate of drug-likeness (QED) is 0.539. The minimum absolute atomic E-state index is 0.330. The lowest BCUT2D eigenvalue weighted by Crippen LogP contribution is -2.39. The van der Waals surface area contributed by atoms with Gasteiger partial charge in [-0.2, -0.15) is 0 Å². The summed E-state index contributed by atoms with van der Waals surface area (Å²) in [6, 6.07) is 0. The molecule has 0 fully saturated rings. The van der Waals surface area contributed by atoms with Gasteiger partial charge in [0, 0.05) is 25.4 Å². The molecule has 0 atom stereocenters. The van der Waals surface area contributed by atoms with Gasteiger partial charge in [0.1, 0.15) is 0 Å². The van der Waals surface area contributed by atoms with E-state index in [9.17, 15) is 4.79 Å². The lowest BCUT2D eigenvalue weighted by Gasteiger charge is -2.29. The summed E-state index contributed by atoms with van der Waals surface area (Å²) in [6.45, 7) is 1.50. The first-order chi connectivity index (χ1) is 5.09. The van der Waals surface area contributed by atoms with Crippen molar-refractivity contribution in [3.05, 3.63) is 11.8 Å². The van der Waals surface area contributed by atoms with Crippen molar-refractivity contribution in [3.63, 3.8) is 0 Å². The van der Waals surface area contributed by atoms with Gasteiger partial charge in [-0.3, -0.25) is 9.69 Å². The molecule has 4 heteroatoms. The fourth-order valence-electron chi connectivity index (χ4n) is 1.21. The maximum absolute atomic E-state index is 10.7. The van der Waals surface area contributed by atoms with Crippen molar-refractivity contribution >= 4 is 5.91 Å². The lowest BCUT2D eigenvalue weighted by molar-refractivity contribution is -0.115. The molecule has 0 aromatic heterocycles. The number of nitrogens with zero attached hydrogens (tertiary/aromatic N) is 2. The number of amides is 1. The molecule has 0 saturated heterocycles. The third-order valence-electron chi connectivity index (χ3n) is 1.60. The summed E-state index contributed by atoms with van der Waals surface area (Å²) < 4.78 is 0. The van der Waals surface area contributed by atoms with Gasteiger partial charge in [-0.1, -0.05) is 0 Å². The van der Waals surface area contributed by atoms with Crippen LogP contribution in [0.25, 0.3) is 0 Å². The molecular weight excluding hydrogens is 142 g/mol. The third kappa shape index (κ3) is 1.94. The molecule has 0 aliphatic carbocycles. The molecule has 0 radical (unpaired) electrons. The Kier molecular flexibility index (Phi) is 2.14. The van der Waals surface area contributed by atoms with Gasteiger partial charge < -0.3 is 10.6 Å². The van der Waals surface area contributed by atoms with Crippen LogP contribution >= 0.6 is 0 Å². The standard InChI is InChI=1S/C7H13N3O/c1-9-3-6(7(8)11)4-10(2)5-9/h3H,4-5H2,1-2H3,(H2,8,11). The number of likely N-dealkylation sites (N-methyl/N-ethyl adjacent to an activating group) is 1. The Labute approximate surface area is 66.3 Å². The molecule has 0 saturated carbocycles. The van der Waals surface area contributed by atoms with Crippen LogP contribution < -0.4 is 5.73 Å². The Morgan fingerprint density at radius 3 is 2.73 bits per heavy atom. The van der Waals surface area contributed by atoms with Crippen molar-refractivity contribution in [2.75, 3.05) is 27.3 Å². The number of hydrogen-bond acceptors (Lipinski definition) is 3.